The Morgan fingerprint density at radius 3 is 2.89 bits per heavy atom. The van der Waals surface area contributed by atoms with Crippen LogP contribution in [0.1, 0.15) is 20.8 Å². The minimum atomic E-state index is -0.0430. The van der Waals surface area contributed by atoms with Gasteiger partial charge in [-0.15, -0.1) is 22.9 Å². The molecule has 1 heterocycles. The summed E-state index contributed by atoms with van der Waals surface area (Å²) in [5, 5.41) is 4.96. The molecule has 0 fully saturated rings. The van der Waals surface area contributed by atoms with Crippen LogP contribution in [0.2, 0.25) is 0 Å². The molecule has 0 spiro atoms. The summed E-state index contributed by atoms with van der Waals surface area (Å²) in [6.07, 6.45) is 0.874. The van der Waals surface area contributed by atoms with Crippen molar-refractivity contribution in [3.8, 4) is 0 Å². The molecular formula is C14H14ClNOS. The predicted molar refractivity (Wildman–Crippen MR) is 76.4 cm³/mol. The Hall–Kier alpha value is -1.32. The van der Waals surface area contributed by atoms with Gasteiger partial charge in [0, 0.05) is 22.9 Å². The summed E-state index contributed by atoms with van der Waals surface area (Å²) >= 11 is 7.45. The standard InChI is InChI=1S/C14H14ClNOS/c15-10-11-3-1-4-12(9-11)14(17)16-7-6-13-5-2-8-18-13/h1-5,8-9H,6-7,10H2,(H,16,17). The van der Waals surface area contributed by atoms with Crippen LogP contribution >= 0.6 is 22.9 Å². The Morgan fingerprint density at radius 1 is 1.28 bits per heavy atom. The fourth-order valence-electron chi connectivity index (χ4n) is 1.65. The number of halogens is 1. The molecule has 0 saturated heterocycles. The van der Waals surface area contributed by atoms with E-state index in [1.165, 1.54) is 4.88 Å². The van der Waals surface area contributed by atoms with Crippen LogP contribution in [-0.2, 0) is 12.3 Å². The van der Waals surface area contributed by atoms with E-state index < -0.39 is 0 Å². The van der Waals surface area contributed by atoms with Crippen molar-refractivity contribution in [1.29, 1.82) is 0 Å². The predicted octanol–water partition coefficient (Wildman–Crippen LogP) is 3.46. The molecular weight excluding hydrogens is 266 g/mol. The Balaban J connectivity index is 1.87. The number of hydrogen-bond acceptors (Lipinski definition) is 2. The van der Waals surface area contributed by atoms with Crippen molar-refractivity contribution < 1.29 is 4.79 Å². The van der Waals surface area contributed by atoms with E-state index in [0.29, 0.717) is 18.0 Å². The molecule has 0 aliphatic heterocycles. The van der Waals surface area contributed by atoms with Gasteiger partial charge >= 0.3 is 0 Å². The van der Waals surface area contributed by atoms with Crippen LogP contribution in [0.4, 0.5) is 0 Å². The minimum absolute atomic E-state index is 0.0430. The van der Waals surface area contributed by atoms with Gasteiger partial charge in [0.05, 0.1) is 0 Å². The highest BCUT2D eigenvalue weighted by atomic mass is 35.5. The van der Waals surface area contributed by atoms with Gasteiger partial charge in [-0.3, -0.25) is 4.79 Å². The van der Waals surface area contributed by atoms with Gasteiger partial charge in [0.15, 0.2) is 0 Å². The van der Waals surface area contributed by atoms with Gasteiger partial charge in [0.1, 0.15) is 0 Å². The fourth-order valence-corrected chi connectivity index (χ4v) is 2.53. The monoisotopic (exact) mass is 279 g/mol. The summed E-state index contributed by atoms with van der Waals surface area (Å²) < 4.78 is 0. The molecule has 0 aliphatic carbocycles. The Kier molecular flexibility index (Phi) is 4.79. The number of thiophene rings is 1. The number of nitrogens with one attached hydrogen (secondary N) is 1. The van der Waals surface area contributed by atoms with E-state index in [1.54, 1.807) is 17.4 Å². The van der Waals surface area contributed by atoms with Crippen LogP contribution in [0, 0.1) is 0 Å². The molecule has 0 unspecified atom stereocenters. The summed E-state index contributed by atoms with van der Waals surface area (Å²) in [7, 11) is 0. The van der Waals surface area contributed by atoms with Crippen LogP contribution in [0.3, 0.4) is 0 Å². The van der Waals surface area contributed by atoms with Gasteiger partial charge in [-0.25, -0.2) is 0 Å². The first-order chi connectivity index (χ1) is 8.79. The van der Waals surface area contributed by atoms with Crippen LogP contribution < -0.4 is 5.32 Å². The van der Waals surface area contributed by atoms with E-state index in [4.69, 9.17) is 11.6 Å². The number of rotatable bonds is 5. The van der Waals surface area contributed by atoms with E-state index in [0.717, 1.165) is 12.0 Å². The number of benzene rings is 1. The summed E-state index contributed by atoms with van der Waals surface area (Å²) in [4.78, 5) is 13.2. The lowest BCUT2D eigenvalue weighted by molar-refractivity contribution is 0.0954. The van der Waals surface area contributed by atoms with Gasteiger partial charge in [-0.1, -0.05) is 18.2 Å². The molecule has 2 rings (SSSR count). The molecule has 1 N–H and O–H groups in total. The van der Waals surface area contributed by atoms with E-state index in [1.807, 2.05) is 29.6 Å². The Labute approximate surface area is 116 Å². The average Bonchev–Trinajstić information content (AvgIpc) is 2.92. The smallest absolute Gasteiger partial charge is 0.251 e. The zero-order chi connectivity index (χ0) is 12.8. The normalized spacial score (nSPS) is 10.3. The summed E-state index contributed by atoms with van der Waals surface area (Å²) in [6, 6.07) is 11.5. The number of amides is 1. The lowest BCUT2D eigenvalue weighted by Crippen LogP contribution is -2.25. The van der Waals surface area contributed by atoms with E-state index in [-0.39, 0.29) is 5.91 Å². The molecule has 2 nitrogen and oxygen atoms in total. The number of alkyl halides is 1. The topological polar surface area (TPSA) is 29.1 Å². The highest BCUT2D eigenvalue weighted by Gasteiger charge is 2.05. The molecule has 2 aromatic rings. The largest absolute Gasteiger partial charge is 0.352 e. The summed E-state index contributed by atoms with van der Waals surface area (Å²) in [5.74, 6) is 0.384. The molecule has 94 valence electrons. The van der Waals surface area contributed by atoms with E-state index >= 15 is 0 Å². The maximum absolute atomic E-state index is 11.9. The highest BCUT2D eigenvalue weighted by Crippen LogP contribution is 2.09. The first-order valence-electron chi connectivity index (χ1n) is 5.75. The van der Waals surface area contributed by atoms with Crippen molar-refractivity contribution >= 4 is 28.8 Å². The molecule has 1 aromatic carbocycles. The van der Waals surface area contributed by atoms with Gasteiger partial charge in [0.25, 0.3) is 5.91 Å². The van der Waals surface area contributed by atoms with Crippen molar-refractivity contribution in [2.24, 2.45) is 0 Å². The van der Waals surface area contributed by atoms with Crippen molar-refractivity contribution in [1.82, 2.24) is 5.32 Å². The summed E-state index contributed by atoms with van der Waals surface area (Å²) in [6.45, 7) is 0.657. The minimum Gasteiger partial charge on any atom is -0.352 e. The Morgan fingerprint density at radius 2 is 2.17 bits per heavy atom. The third-order valence-corrected chi connectivity index (χ3v) is 3.83. The highest BCUT2D eigenvalue weighted by molar-refractivity contribution is 7.09. The second-order valence-corrected chi connectivity index (χ2v) is 5.22. The van der Waals surface area contributed by atoms with Crippen LogP contribution in [0.25, 0.3) is 0 Å². The average molecular weight is 280 g/mol. The van der Waals surface area contributed by atoms with Crippen LogP contribution in [0.15, 0.2) is 41.8 Å². The molecule has 0 aliphatic rings. The number of hydrogen-bond donors (Lipinski definition) is 1. The first-order valence-corrected chi connectivity index (χ1v) is 7.16. The van der Waals surface area contributed by atoms with Crippen molar-refractivity contribution in [3.05, 3.63) is 57.8 Å². The Bertz CT molecular complexity index is 510. The lowest BCUT2D eigenvalue weighted by atomic mass is 10.1. The van der Waals surface area contributed by atoms with Gasteiger partial charge in [-0.2, -0.15) is 0 Å². The SMILES string of the molecule is O=C(NCCc1cccs1)c1cccc(CCl)c1. The molecule has 4 heteroatoms. The molecule has 0 atom stereocenters. The second kappa shape index (κ2) is 6.57. The van der Waals surface area contributed by atoms with Crippen LogP contribution in [0.5, 0.6) is 0 Å². The molecule has 1 aromatic heterocycles. The maximum Gasteiger partial charge on any atom is 0.251 e. The number of carbonyl (C=O) groups is 1. The molecule has 18 heavy (non-hydrogen) atoms. The van der Waals surface area contributed by atoms with Gasteiger partial charge in [-0.05, 0) is 35.6 Å². The molecule has 0 bridgehead atoms. The third-order valence-electron chi connectivity index (χ3n) is 2.58. The van der Waals surface area contributed by atoms with E-state index in [9.17, 15) is 4.79 Å². The van der Waals surface area contributed by atoms with Crippen molar-refractivity contribution in [2.45, 2.75) is 12.3 Å². The van der Waals surface area contributed by atoms with Gasteiger partial charge < -0.3 is 5.32 Å². The molecule has 1 amide bonds. The lowest BCUT2D eigenvalue weighted by Gasteiger charge is -2.05. The summed E-state index contributed by atoms with van der Waals surface area (Å²) in [5.41, 5.74) is 1.63. The molecule has 0 radical (unpaired) electrons. The van der Waals surface area contributed by atoms with Crippen molar-refractivity contribution in [3.63, 3.8) is 0 Å². The zero-order valence-electron chi connectivity index (χ0n) is 9.86. The number of carbonyl (C=O) groups excluding carboxylic acids is 1. The van der Waals surface area contributed by atoms with E-state index in [2.05, 4.69) is 11.4 Å². The van der Waals surface area contributed by atoms with Crippen molar-refractivity contribution in [2.75, 3.05) is 6.54 Å². The molecule has 0 saturated carbocycles. The fraction of sp³-hybridized carbons (Fsp3) is 0.214. The zero-order valence-corrected chi connectivity index (χ0v) is 11.4. The quantitative estimate of drug-likeness (QED) is 0.835. The third kappa shape index (κ3) is 3.59. The first kappa shape index (κ1) is 13.1. The second-order valence-electron chi connectivity index (χ2n) is 3.92. The maximum atomic E-state index is 11.9. The van der Waals surface area contributed by atoms with Crippen LogP contribution in [-0.4, -0.2) is 12.5 Å². The van der Waals surface area contributed by atoms with Gasteiger partial charge in [0.2, 0.25) is 0 Å².